The Bertz CT molecular complexity index is 1370. The van der Waals surface area contributed by atoms with Crippen LogP contribution in [0.3, 0.4) is 0 Å². The summed E-state index contributed by atoms with van der Waals surface area (Å²) in [5.41, 5.74) is 0.990. The van der Waals surface area contributed by atoms with E-state index in [4.69, 9.17) is 19.0 Å². The van der Waals surface area contributed by atoms with Gasteiger partial charge in [0.05, 0.1) is 33.4 Å². The molecule has 0 bridgehead atoms. The van der Waals surface area contributed by atoms with Crippen LogP contribution in [0.4, 0.5) is 0 Å². The molecule has 4 rings (SSSR count). The summed E-state index contributed by atoms with van der Waals surface area (Å²) in [6.07, 6.45) is 5.33. The van der Waals surface area contributed by atoms with Crippen molar-refractivity contribution in [3.05, 3.63) is 133 Å². The average Bonchev–Trinajstić information content (AvgIpc) is 3.00. The summed E-state index contributed by atoms with van der Waals surface area (Å²) in [6, 6.07) is 36.1. The van der Waals surface area contributed by atoms with Crippen LogP contribution in [-0.4, -0.2) is 26.8 Å². The number of carbonyl (C=O) groups excluding carboxylic acids is 1. The zero-order valence-corrected chi connectivity index (χ0v) is 23.3. The van der Waals surface area contributed by atoms with Crippen LogP contribution >= 0.6 is 7.05 Å². The first-order valence-electron chi connectivity index (χ1n) is 12.7. The number of rotatable bonds is 10. The maximum Gasteiger partial charge on any atom is 0.356 e. The number of hydrogen-bond acceptors (Lipinski definition) is 5. The molecule has 0 saturated heterocycles. The molecule has 0 aliphatic carbocycles. The van der Waals surface area contributed by atoms with Crippen molar-refractivity contribution >= 4 is 35.0 Å². The summed E-state index contributed by atoms with van der Waals surface area (Å²) in [7, 11) is 0.565. The Balaban J connectivity index is 2.01. The van der Waals surface area contributed by atoms with Crippen molar-refractivity contribution in [3.63, 3.8) is 0 Å². The van der Waals surface area contributed by atoms with Gasteiger partial charge in [-0.25, -0.2) is 9.54 Å². The van der Waals surface area contributed by atoms with Crippen LogP contribution in [0.15, 0.2) is 132 Å². The van der Waals surface area contributed by atoms with Gasteiger partial charge in [-0.1, -0.05) is 103 Å². The van der Waals surface area contributed by atoms with Gasteiger partial charge in [0, 0.05) is 15.9 Å². The molecule has 0 N–H and O–H groups in total. The third-order valence-corrected chi connectivity index (χ3v) is 9.77. The SMILES string of the molecule is CCOC(=O)C(=CC=Cc1c(OC)cccc1OC)N=P(c1ccccc1)(c1ccccc1)c1ccccc1. The highest BCUT2D eigenvalue weighted by atomic mass is 31.2. The zero-order chi connectivity index (χ0) is 27.5. The average molecular weight is 538 g/mol. The van der Waals surface area contributed by atoms with Gasteiger partial charge in [0.15, 0.2) is 0 Å². The Morgan fingerprint density at radius 1 is 0.718 bits per heavy atom. The standard InChI is InChI=1S/C33H32NO4P/c1-4-38-33(35)30(23-14-22-29-31(36-2)24-15-25-32(29)37-3)34-39(26-16-8-5-9-17-26,27-18-10-6-11-19-27)28-20-12-7-13-21-28/h5-25H,4H2,1-3H3. The van der Waals surface area contributed by atoms with E-state index >= 15 is 0 Å². The lowest BCUT2D eigenvalue weighted by molar-refractivity contribution is -0.138. The lowest BCUT2D eigenvalue weighted by Gasteiger charge is -2.27. The summed E-state index contributed by atoms with van der Waals surface area (Å²) >= 11 is 0. The first kappa shape index (κ1) is 27.7. The molecule has 6 heteroatoms. The molecule has 39 heavy (non-hydrogen) atoms. The van der Waals surface area contributed by atoms with Gasteiger partial charge in [0.25, 0.3) is 0 Å². The predicted octanol–water partition coefficient (Wildman–Crippen LogP) is 6.34. The summed E-state index contributed by atoms with van der Waals surface area (Å²) in [5, 5.41) is 3.11. The Labute approximate surface area is 230 Å². The molecule has 0 aromatic heterocycles. The molecule has 198 valence electrons. The lowest BCUT2D eigenvalue weighted by atomic mass is 10.1. The third kappa shape index (κ3) is 6.22. The molecule has 0 amide bonds. The maximum atomic E-state index is 13.4. The number of ether oxygens (including phenoxy) is 3. The Morgan fingerprint density at radius 3 is 1.59 bits per heavy atom. The first-order chi connectivity index (χ1) is 19.1. The number of allylic oxidation sites excluding steroid dienone is 2. The van der Waals surface area contributed by atoms with E-state index in [-0.39, 0.29) is 12.3 Å². The molecule has 0 atom stereocenters. The summed E-state index contributed by atoms with van der Waals surface area (Å²) in [6.45, 7) is 2.03. The van der Waals surface area contributed by atoms with Crippen LogP contribution < -0.4 is 25.4 Å². The van der Waals surface area contributed by atoms with Gasteiger partial charge in [-0.2, -0.15) is 0 Å². The molecular formula is C33H32NO4P. The molecule has 0 aliphatic rings. The van der Waals surface area contributed by atoms with Gasteiger partial charge < -0.3 is 14.2 Å². The molecule has 0 radical (unpaired) electrons. The van der Waals surface area contributed by atoms with Crippen LogP contribution in [0.1, 0.15) is 12.5 Å². The van der Waals surface area contributed by atoms with Gasteiger partial charge in [0.1, 0.15) is 17.2 Å². The van der Waals surface area contributed by atoms with Crippen LogP contribution in [0.25, 0.3) is 6.08 Å². The van der Waals surface area contributed by atoms with Gasteiger partial charge in [0.2, 0.25) is 0 Å². The minimum atomic E-state index is -2.66. The number of carbonyl (C=O) groups is 1. The van der Waals surface area contributed by atoms with E-state index < -0.39 is 13.0 Å². The van der Waals surface area contributed by atoms with Crippen molar-refractivity contribution in [1.82, 2.24) is 0 Å². The van der Waals surface area contributed by atoms with E-state index in [1.165, 1.54) is 0 Å². The van der Waals surface area contributed by atoms with E-state index in [1.807, 2.05) is 78.9 Å². The molecule has 0 fully saturated rings. The molecule has 5 nitrogen and oxygen atoms in total. The van der Waals surface area contributed by atoms with Crippen molar-refractivity contribution in [3.8, 4) is 11.5 Å². The number of nitrogens with zero attached hydrogens (tertiary/aromatic N) is 1. The minimum Gasteiger partial charge on any atom is -0.496 e. The summed E-state index contributed by atoms with van der Waals surface area (Å²) in [5.74, 6) is 0.836. The molecule has 0 aliphatic heterocycles. The van der Waals surface area contributed by atoms with Crippen molar-refractivity contribution in [2.45, 2.75) is 6.92 Å². The Morgan fingerprint density at radius 2 is 1.18 bits per heavy atom. The highest BCUT2D eigenvalue weighted by Crippen LogP contribution is 2.48. The topological polar surface area (TPSA) is 57.1 Å². The normalized spacial score (nSPS) is 11.7. The van der Waals surface area contributed by atoms with Crippen LogP contribution in [0.5, 0.6) is 11.5 Å². The Hall–Kier alpha value is -4.34. The quantitative estimate of drug-likeness (QED) is 0.103. The summed E-state index contributed by atoms with van der Waals surface area (Å²) < 4.78 is 21.9. The van der Waals surface area contributed by atoms with E-state index in [1.54, 1.807) is 33.3 Å². The number of esters is 1. The largest absolute Gasteiger partial charge is 0.496 e. The van der Waals surface area contributed by atoms with E-state index in [0.717, 1.165) is 21.5 Å². The van der Waals surface area contributed by atoms with E-state index in [9.17, 15) is 4.79 Å². The van der Waals surface area contributed by atoms with Gasteiger partial charge in [-0.15, -0.1) is 0 Å². The number of benzene rings is 4. The zero-order valence-electron chi connectivity index (χ0n) is 22.4. The number of methoxy groups -OCH3 is 2. The third-order valence-electron chi connectivity index (χ3n) is 6.11. The summed E-state index contributed by atoms with van der Waals surface area (Å²) in [4.78, 5) is 13.4. The van der Waals surface area contributed by atoms with E-state index in [2.05, 4.69) is 36.4 Å². The monoisotopic (exact) mass is 537 g/mol. The molecule has 0 spiro atoms. The molecule has 4 aromatic carbocycles. The Kier molecular flexibility index (Phi) is 9.55. The molecular weight excluding hydrogens is 505 g/mol. The second kappa shape index (κ2) is 13.5. The second-order valence-corrected chi connectivity index (χ2v) is 11.5. The molecule has 0 unspecified atom stereocenters. The first-order valence-corrected chi connectivity index (χ1v) is 14.4. The fourth-order valence-corrected chi connectivity index (χ4v) is 7.86. The highest BCUT2D eigenvalue weighted by Gasteiger charge is 2.29. The van der Waals surface area contributed by atoms with Gasteiger partial charge >= 0.3 is 5.97 Å². The second-order valence-electron chi connectivity index (χ2n) is 8.45. The van der Waals surface area contributed by atoms with Crippen molar-refractivity contribution in [1.29, 1.82) is 0 Å². The predicted molar refractivity (Wildman–Crippen MR) is 161 cm³/mol. The van der Waals surface area contributed by atoms with Crippen LogP contribution in [0, 0.1) is 0 Å². The lowest BCUT2D eigenvalue weighted by Crippen LogP contribution is -2.26. The highest BCUT2D eigenvalue weighted by molar-refractivity contribution is 7.87. The fraction of sp³-hybridized carbons (Fsp3) is 0.121. The molecule has 4 aromatic rings. The van der Waals surface area contributed by atoms with Crippen LogP contribution in [0.2, 0.25) is 0 Å². The van der Waals surface area contributed by atoms with Crippen molar-refractivity contribution < 1.29 is 19.0 Å². The molecule has 0 saturated carbocycles. The molecule has 0 heterocycles. The van der Waals surface area contributed by atoms with Gasteiger partial charge in [-0.3, -0.25) is 0 Å². The fourth-order valence-electron chi connectivity index (χ4n) is 4.34. The number of hydrogen-bond donors (Lipinski definition) is 0. The van der Waals surface area contributed by atoms with Crippen molar-refractivity contribution in [2.24, 2.45) is 4.74 Å². The van der Waals surface area contributed by atoms with Crippen molar-refractivity contribution in [2.75, 3.05) is 20.8 Å². The maximum absolute atomic E-state index is 13.4. The van der Waals surface area contributed by atoms with Crippen LogP contribution in [-0.2, 0) is 9.53 Å². The van der Waals surface area contributed by atoms with E-state index in [0.29, 0.717) is 11.5 Å². The smallest absolute Gasteiger partial charge is 0.356 e. The van der Waals surface area contributed by atoms with Gasteiger partial charge in [-0.05, 0) is 31.2 Å². The minimum absolute atomic E-state index is 0.229.